The number of hydrogen-bond acceptors (Lipinski definition) is 8. The Balaban J connectivity index is 1.41. The van der Waals surface area contributed by atoms with Gasteiger partial charge in [0.2, 0.25) is 5.95 Å². The molecule has 0 amide bonds. The molecule has 0 unspecified atom stereocenters. The first-order valence-electron chi connectivity index (χ1n) is 13.6. The monoisotopic (exact) mass is 595 g/mol. The number of aromatic nitrogens is 4. The Morgan fingerprint density at radius 3 is 2.39 bits per heavy atom. The van der Waals surface area contributed by atoms with Crippen molar-refractivity contribution in [2.45, 2.75) is 62.6 Å². The van der Waals surface area contributed by atoms with Gasteiger partial charge in [-0.15, -0.1) is 0 Å². The minimum absolute atomic E-state index is 0.0444. The third-order valence-corrected chi connectivity index (χ3v) is 9.34. The summed E-state index contributed by atoms with van der Waals surface area (Å²) in [6, 6.07) is 11.8. The van der Waals surface area contributed by atoms with Crippen LogP contribution in [0.2, 0.25) is 5.02 Å². The molecule has 0 atom stereocenters. The number of hydrogen-bond donors (Lipinski definition) is 2. The highest BCUT2D eigenvalue weighted by Gasteiger charge is 2.24. The molecule has 1 fully saturated rings. The van der Waals surface area contributed by atoms with Crippen LogP contribution in [0, 0.1) is 0 Å². The summed E-state index contributed by atoms with van der Waals surface area (Å²) >= 11 is 6.07. The van der Waals surface area contributed by atoms with Crippen LogP contribution in [0.15, 0.2) is 64.5 Å². The molecule has 41 heavy (non-hydrogen) atoms. The zero-order valence-electron chi connectivity index (χ0n) is 23.5. The van der Waals surface area contributed by atoms with Crippen LogP contribution >= 0.6 is 11.6 Å². The normalized spacial score (nSPS) is 17.7. The van der Waals surface area contributed by atoms with Gasteiger partial charge < -0.3 is 10.2 Å². The number of sulfonamides is 1. The lowest BCUT2D eigenvalue weighted by molar-refractivity contribution is 0.221. The SMILES string of the molecule is CC(C)n1c(=O)c(-c2ccc(NS(=O)(=O)c3ccccc3Cl)nc2)cc2cnc(NC3CCC(N(C)C)CC3)nc21. The lowest BCUT2D eigenvalue weighted by atomic mass is 9.91. The van der Waals surface area contributed by atoms with Crippen molar-refractivity contribution in [2.75, 3.05) is 24.1 Å². The third-order valence-electron chi connectivity index (χ3n) is 7.49. The maximum Gasteiger partial charge on any atom is 0.264 e. The molecule has 0 radical (unpaired) electrons. The maximum absolute atomic E-state index is 13.7. The lowest BCUT2D eigenvalue weighted by Crippen LogP contribution is -2.36. The summed E-state index contributed by atoms with van der Waals surface area (Å²) in [5, 5.41) is 4.31. The number of fused-ring (bicyclic) bond motifs is 1. The van der Waals surface area contributed by atoms with E-state index < -0.39 is 10.0 Å². The lowest BCUT2D eigenvalue weighted by Gasteiger charge is -2.33. The first-order valence-corrected chi connectivity index (χ1v) is 15.5. The summed E-state index contributed by atoms with van der Waals surface area (Å²) in [5.41, 5.74) is 1.32. The minimum Gasteiger partial charge on any atom is -0.351 e. The molecule has 0 spiro atoms. The molecule has 5 rings (SSSR count). The van der Waals surface area contributed by atoms with Gasteiger partial charge in [-0.3, -0.25) is 14.1 Å². The second-order valence-corrected chi connectivity index (χ2v) is 12.9. The van der Waals surface area contributed by atoms with Gasteiger partial charge in [0.1, 0.15) is 16.4 Å². The highest BCUT2D eigenvalue weighted by atomic mass is 35.5. The van der Waals surface area contributed by atoms with Crippen LogP contribution < -0.4 is 15.6 Å². The molecule has 1 aromatic carbocycles. The first-order chi connectivity index (χ1) is 19.5. The van der Waals surface area contributed by atoms with Gasteiger partial charge in [0.15, 0.2) is 0 Å². The van der Waals surface area contributed by atoms with Crippen molar-refractivity contribution in [3.63, 3.8) is 0 Å². The van der Waals surface area contributed by atoms with Gasteiger partial charge in [0.05, 0.1) is 5.02 Å². The highest BCUT2D eigenvalue weighted by Crippen LogP contribution is 2.27. The summed E-state index contributed by atoms with van der Waals surface area (Å²) in [6.45, 7) is 3.88. The van der Waals surface area contributed by atoms with E-state index in [0.29, 0.717) is 34.8 Å². The van der Waals surface area contributed by atoms with E-state index in [-0.39, 0.29) is 27.3 Å². The van der Waals surface area contributed by atoms with Crippen molar-refractivity contribution in [1.29, 1.82) is 0 Å². The zero-order chi connectivity index (χ0) is 29.3. The van der Waals surface area contributed by atoms with E-state index in [0.717, 1.165) is 31.1 Å². The van der Waals surface area contributed by atoms with Crippen molar-refractivity contribution in [3.05, 3.63) is 70.2 Å². The smallest absolute Gasteiger partial charge is 0.264 e. The van der Waals surface area contributed by atoms with Crippen LogP contribution in [0.4, 0.5) is 11.8 Å². The molecule has 12 heteroatoms. The van der Waals surface area contributed by atoms with Crippen LogP contribution in [0.25, 0.3) is 22.2 Å². The summed E-state index contributed by atoms with van der Waals surface area (Å²) < 4.78 is 29.7. The van der Waals surface area contributed by atoms with E-state index in [4.69, 9.17) is 16.6 Å². The third kappa shape index (κ3) is 6.22. The Morgan fingerprint density at radius 1 is 1.02 bits per heavy atom. The first kappa shape index (κ1) is 29.0. The fraction of sp³-hybridized carbons (Fsp3) is 0.379. The van der Waals surface area contributed by atoms with Gasteiger partial charge in [-0.25, -0.2) is 18.4 Å². The summed E-state index contributed by atoms with van der Waals surface area (Å²) in [6.07, 6.45) is 7.52. The van der Waals surface area contributed by atoms with Gasteiger partial charge in [0, 0.05) is 47.0 Å². The van der Waals surface area contributed by atoms with E-state index in [9.17, 15) is 13.2 Å². The number of nitrogens with zero attached hydrogens (tertiary/aromatic N) is 5. The van der Waals surface area contributed by atoms with Gasteiger partial charge in [-0.05, 0) is 84.0 Å². The molecule has 1 aliphatic rings. The molecule has 2 N–H and O–H groups in total. The van der Waals surface area contributed by atoms with Crippen LogP contribution in [-0.4, -0.2) is 59.0 Å². The Labute approximate surface area is 244 Å². The maximum atomic E-state index is 13.7. The molecule has 0 aliphatic heterocycles. The fourth-order valence-electron chi connectivity index (χ4n) is 5.26. The Morgan fingerprint density at radius 2 is 1.76 bits per heavy atom. The topological polar surface area (TPSA) is 122 Å². The number of rotatable bonds is 8. The van der Waals surface area contributed by atoms with Gasteiger partial charge in [-0.2, -0.15) is 4.98 Å². The van der Waals surface area contributed by atoms with Crippen molar-refractivity contribution >= 4 is 44.4 Å². The van der Waals surface area contributed by atoms with E-state index in [1.807, 2.05) is 13.8 Å². The summed E-state index contributed by atoms with van der Waals surface area (Å²) in [4.78, 5) is 29.5. The van der Waals surface area contributed by atoms with Gasteiger partial charge >= 0.3 is 0 Å². The van der Waals surface area contributed by atoms with Crippen LogP contribution in [0.3, 0.4) is 0 Å². The predicted octanol–water partition coefficient (Wildman–Crippen LogP) is 5.17. The summed E-state index contributed by atoms with van der Waals surface area (Å²) in [5.74, 6) is 0.626. The van der Waals surface area contributed by atoms with E-state index >= 15 is 0 Å². The number of nitrogens with one attached hydrogen (secondary N) is 2. The van der Waals surface area contributed by atoms with Crippen LogP contribution in [-0.2, 0) is 10.0 Å². The van der Waals surface area contributed by atoms with Gasteiger partial charge in [-0.1, -0.05) is 23.7 Å². The van der Waals surface area contributed by atoms with Crippen molar-refractivity contribution in [2.24, 2.45) is 0 Å². The molecule has 0 saturated heterocycles. The van der Waals surface area contributed by atoms with E-state index in [1.165, 1.54) is 24.4 Å². The Hall–Kier alpha value is -3.54. The average molecular weight is 596 g/mol. The summed E-state index contributed by atoms with van der Waals surface area (Å²) in [7, 11) is 0.314. The molecular weight excluding hydrogens is 562 g/mol. The average Bonchev–Trinajstić information content (AvgIpc) is 2.93. The molecule has 3 heterocycles. The molecule has 0 bridgehead atoms. The second-order valence-electron chi connectivity index (χ2n) is 10.9. The largest absolute Gasteiger partial charge is 0.351 e. The zero-order valence-corrected chi connectivity index (χ0v) is 25.1. The molecule has 3 aromatic heterocycles. The quantitative estimate of drug-likeness (QED) is 0.286. The number of benzene rings is 1. The van der Waals surface area contributed by atoms with E-state index in [2.05, 4.69) is 39.0 Å². The molecule has 1 saturated carbocycles. The minimum atomic E-state index is -3.93. The van der Waals surface area contributed by atoms with Crippen LogP contribution in [0.1, 0.15) is 45.6 Å². The van der Waals surface area contributed by atoms with Crippen molar-refractivity contribution in [1.82, 2.24) is 24.4 Å². The standard InChI is InChI=1S/C29H34ClN7O3S/c1-18(2)37-27-20(17-32-29(34-27)33-21-10-12-22(13-11-21)36(3)4)15-23(28(37)38)19-9-14-26(31-16-19)35-41(39,40)25-8-6-5-7-24(25)30/h5-9,14-18,21-22H,10-13H2,1-4H3,(H,31,35)(H,32,33,34). The Bertz CT molecular complexity index is 1720. The predicted molar refractivity (Wildman–Crippen MR) is 163 cm³/mol. The van der Waals surface area contributed by atoms with Crippen molar-refractivity contribution in [3.8, 4) is 11.1 Å². The molecule has 4 aromatic rings. The molecule has 216 valence electrons. The highest BCUT2D eigenvalue weighted by molar-refractivity contribution is 7.92. The van der Waals surface area contributed by atoms with Crippen molar-refractivity contribution < 1.29 is 8.42 Å². The number of halogens is 1. The van der Waals surface area contributed by atoms with Crippen LogP contribution in [0.5, 0.6) is 0 Å². The number of anilines is 2. The second kappa shape index (κ2) is 11.8. The Kier molecular flexibility index (Phi) is 8.30. The number of pyridine rings is 2. The molecule has 10 nitrogen and oxygen atoms in total. The fourth-order valence-corrected chi connectivity index (χ4v) is 6.79. The van der Waals surface area contributed by atoms with Gasteiger partial charge in [0.25, 0.3) is 15.6 Å². The van der Waals surface area contributed by atoms with E-state index in [1.54, 1.807) is 35.0 Å². The molecule has 1 aliphatic carbocycles. The molecular formula is C29H34ClN7O3S.